The molecule has 1 amide bonds. The minimum Gasteiger partial charge on any atom is -0.481 e. The van der Waals surface area contributed by atoms with E-state index in [1.165, 1.54) is 0 Å². The van der Waals surface area contributed by atoms with E-state index in [1.54, 1.807) is 18.0 Å². The second-order valence-corrected chi connectivity index (χ2v) is 12.2. The summed E-state index contributed by atoms with van der Waals surface area (Å²) in [5.41, 5.74) is 5.75. The molecule has 0 aliphatic carbocycles. The van der Waals surface area contributed by atoms with Gasteiger partial charge < -0.3 is 29.6 Å². The van der Waals surface area contributed by atoms with Crippen molar-refractivity contribution in [2.75, 3.05) is 5.75 Å². The lowest BCUT2D eigenvalue weighted by molar-refractivity contribution is -0.268. The smallest absolute Gasteiger partial charge is 0.303 e. The average Bonchev–Trinajstić information content (AvgIpc) is 3.47. The Morgan fingerprint density at radius 1 is 0.978 bits per heavy atom. The molecule has 1 aromatic heterocycles. The first-order chi connectivity index (χ1) is 21.8. The number of carbonyl (C=O) groups excluding carboxylic acids is 1. The molecule has 9 nitrogen and oxygen atoms in total. The molecule has 1 saturated heterocycles. The summed E-state index contributed by atoms with van der Waals surface area (Å²) in [7, 11) is 1.98. The van der Waals surface area contributed by atoms with Crippen molar-refractivity contribution in [3.63, 3.8) is 0 Å². The summed E-state index contributed by atoms with van der Waals surface area (Å²) < 4.78 is 15.2. The number of nitrogens with zero attached hydrogens (tertiary/aromatic N) is 2. The molecule has 1 aliphatic rings. The highest BCUT2D eigenvalue weighted by Gasteiger charge is 2.38. The molecule has 10 heteroatoms. The molecular formula is C35H39N3O6S. The fourth-order valence-electron chi connectivity index (χ4n) is 5.42. The number of imidazole rings is 1. The molecule has 0 radical (unpaired) electrons. The molecule has 0 saturated carbocycles. The van der Waals surface area contributed by atoms with Gasteiger partial charge >= 0.3 is 5.97 Å². The van der Waals surface area contributed by atoms with Crippen molar-refractivity contribution in [1.29, 1.82) is 0 Å². The number of hydrogen-bond acceptors (Lipinski definition) is 7. The fourth-order valence-corrected chi connectivity index (χ4v) is 6.51. The zero-order chi connectivity index (χ0) is 31.8. The molecule has 4 atom stereocenters. The zero-order valence-corrected chi connectivity index (χ0v) is 26.3. The number of carboxylic acid groups (broad SMARTS) is 1. The highest BCUT2D eigenvalue weighted by molar-refractivity contribution is 7.99. The molecule has 4 aromatic rings. The molecule has 236 valence electrons. The summed E-state index contributed by atoms with van der Waals surface area (Å²) in [4.78, 5) is 27.5. The maximum absolute atomic E-state index is 12.3. The van der Waals surface area contributed by atoms with Gasteiger partial charge in [0.25, 0.3) is 0 Å². The van der Waals surface area contributed by atoms with Gasteiger partial charge in [-0.15, -0.1) is 0 Å². The number of aliphatic hydroxyl groups is 1. The first-order valence-corrected chi connectivity index (χ1v) is 16.1. The van der Waals surface area contributed by atoms with Crippen molar-refractivity contribution in [2.24, 2.45) is 13.0 Å². The van der Waals surface area contributed by atoms with E-state index in [0.717, 1.165) is 38.5 Å². The van der Waals surface area contributed by atoms with Gasteiger partial charge in [0.2, 0.25) is 5.91 Å². The van der Waals surface area contributed by atoms with Crippen LogP contribution < -0.4 is 5.32 Å². The van der Waals surface area contributed by atoms with Crippen LogP contribution in [0.25, 0.3) is 11.1 Å². The van der Waals surface area contributed by atoms with Gasteiger partial charge in [0.1, 0.15) is 0 Å². The Bertz CT molecular complexity index is 1570. The third-order valence-corrected chi connectivity index (χ3v) is 9.21. The Hall–Kier alpha value is -3.96. The first-order valence-electron chi connectivity index (χ1n) is 15.1. The third-order valence-electron chi connectivity index (χ3n) is 8.06. The summed E-state index contributed by atoms with van der Waals surface area (Å²) >= 11 is 1.66. The SMILES string of the molecule is C[C@H]1[C@@H](CSc2nccn2C)O[C@@H](c2ccc(-c3ccccc3CNC(=O)CCCC(=O)O)cc2)O[C@H]1c1ccc(CO)cc1. The van der Waals surface area contributed by atoms with Gasteiger partial charge in [0.15, 0.2) is 11.4 Å². The molecule has 5 rings (SSSR count). The standard InChI is InChI=1S/C35H39N3O6S/c1-23-30(22-45-35-36-18-19-38(35)2)43-34(44-33(23)26-12-10-24(21-39)11-13-26)27-16-14-25(15-17-27)29-7-4-3-6-28(29)20-37-31(40)8-5-9-32(41)42/h3-4,6-7,10-19,23,30,33-34,39H,5,8-9,20-22H2,1-2H3,(H,37,40)(H,41,42)/t23-,30+,33+,34+/m0/s1. The van der Waals surface area contributed by atoms with Crippen LogP contribution >= 0.6 is 11.8 Å². The quantitative estimate of drug-likeness (QED) is 0.153. The second-order valence-electron chi connectivity index (χ2n) is 11.3. The number of rotatable bonds is 13. The van der Waals surface area contributed by atoms with E-state index in [0.29, 0.717) is 18.7 Å². The van der Waals surface area contributed by atoms with Crippen LogP contribution in [-0.4, -0.2) is 43.5 Å². The Balaban J connectivity index is 1.32. The average molecular weight is 630 g/mol. The maximum Gasteiger partial charge on any atom is 0.303 e. The van der Waals surface area contributed by atoms with E-state index in [9.17, 15) is 14.7 Å². The van der Waals surface area contributed by atoms with Crippen LogP contribution in [0.15, 0.2) is 90.3 Å². The number of carbonyl (C=O) groups is 2. The Morgan fingerprint density at radius 2 is 1.71 bits per heavy atom. The van der Waals surface area contributed by atoms with Crippen molar-refractivity contribution in [3.8, 4) is 11.1 Å². The van der Waals surface area contributed by atoms with Crippen LogP contribution in [0.2, 0.25) is 0 Å². The van der Waals surface area contributed by atoms with Crippen LogP contribution in [0, 0.1) is 5.92 Å². The number of amides is 1. The number of aliphatic hydroxyl groups excluding tert-OH is 1. The summed E-state index contributed by atoms with van der Waals surface area (Å²) in [6.45, 7) is 2.49. The normalized spacial score (nSPS) is 19.7. The van der Waals surface area contributed by atoms with E-state index in [1.807, 2.05) is 90.6 Å². The Morgan fingerprint density at radius 3 is 2.40 bits per heavy atom. The lowest BCUT2D eigenvalue weighted by atomic mass is 9.91. The lowest BCUT2D eigenvalue weighted by Gasteiger charge is -2.41. The number of aryl methyl sites for hydroxylation is 1. The summed E-state index contributed by atoms with van der Waals surface area (Å²) in [5.74, 6) is -0.288. The predicted molar refractivity (Wildman–Crippen MR) is 172 cm³/mol. The minimum atomic E-state index is -0.902. The summed E-state index contributed by atoms with van der Waals surface area (Å²) in [6.07, 6.45) is 3.30. The number of carboxylic acids is 1. The van der Waals surface area contributed by atoms with Crippen molar-refractivity contribution in [1.82, 2.24) is 14.9 Å². The van der Waals surface area contributed by atoms with Gasteiger partial charge in [0, 0.05) is 56.1 Å². The van der Waals surface area contributed by atoms with E-state index in [4.69, 9.17) is 14.6 Å². The molecule has 0 unspecified atom stereocenters. The first kappa shape index (κ1) is 32.4. The Kier molecular flexibility index (Phi) is 11.1. The topological polar surface area (TPSA) is 123 Å². The molecule has 3 aromatic carbocycles. The highest BCUT2D eigenvalue weighted by atomic mass is 32.2. The molecule has 1 aliphatic heterocycles. The minimum absolute atomic E-state index is 0.00926. The largest absolute Gasteiger partial charge is 0.481 e. The molecule has 45 heavy (non-hydrogen) atoms. The van der Waals surface area contributed by atoms with Gasteiger partial charge in [-0.2, -0.15) is 0 Å². The number of aromatic nitrogens is 2. The van der Waals surface area contributed by atoms with Crippen LogP contribution in [0.1, 0.15) is 60.8 Å². The molecule has 0 bridgehead atoms. The summed E-state index contributed by atoms with van der Waals surface area (Å²) in [6, 6.07) is 23.9. The lowest BCUT2D eigenvalue weighted by Crippen LogP contribution is -2.38. The van der Waals surface area contributed by atoms with Gasteiger partial charge in [-0.1, -0.05) is 91.5 Å². The van der Waals surface area contributed by atoms with Crippen LogP contribution in [-0.2, 0) is 39.3 Å². The Labute approximate surface area is 267 Å². The third kappa shape index (κ3) is 8.40. The van der Waals surface area contributed by atoms with Crippen LogP contribution in [0.3, 0.4) is 0 Å². The van der Waals surface area contributed by atoms with E-state index < -0.39 is 12.3 Å². The van der Waals surface area contributed by atoms with E-state index in [-0.39, 0.29) is 43.5 Å². The number of nitrogens with one attached hydrogen (secondary N) is 1. The van der Waals surface area contributed by atoms with Gasteiger partial charge in [-0.25, -0.2) is 4.98 Å². The fraction of sp³-hybridized carbons (Fsp3) is 0.343. The number of benzene rings is 3. The number of ether oxygens (including phenoxy) is 2. The molecule has 1 fully saturated rings. The van der Waals surface area contributed by atoms with Gasteiger partial charge in [-0.3, -0.25) is 9.59 Å². The van der Waals surface area contributed by atoms with Gasteiger partial charge in [0.05, 0.1) is 18.8 Å². The summed E-state index contributed by atoms with van der Waals surface area (Å²) in [5, 5.41) is 22.2. The number of thioether (sulfide) groups is 1. The molecular weight excluding hydrogens is 590 g/mol. The van der Waals surface area contributed by atoms with Crippen LogP contribution in [0.5, 0.6) is 0 Å². The molecule has 0 spiro atoms. The van der Waals surface area contributed by atoms with E-state index in [2.05, 4.69) is 17.2 Å². The number of aliphatic carboxylic acids is 1. The predicted octanol–water partition coefficient (Wildman–Crippen LogP) is 6.03. The monoisotopic (exact) mass is 629 g/mol. The highest BCUT2D eigenvalue weighted by Crippen LogP contribution is 2.43. The number of hydrogen-bond donors (Lipinski definition) is 3. The molecule has 2 heterocycles. The zero-order valence-electron chi connectivity index (χ0n) is 25.5. The van der Waals surface area contributed by atoms with Crippen molar-refractivity contribution in [2.45, 2.75) is 63.0 Å². The van der Waals surface area contributed by atoms with Gasteiger partial charge in [-0.05, 0) is 34.2 Å². The maximum atomic E-state index is 12.3. The molecule has 3 N–H and O–H groups in total. The van der Waals surface area contributed by atoms with Crippen molar-refractivity contribution in [3.05, 3.63) is 107 Å². The van der Waals surface area contributed by atoms with E-state index >= 15 is 0 Å². The van der Waals surface area contributed by atoms with Crippen LogP contribution in [0.4, 0.5) is 0 Å². The van der Waals surface area contributed by atoms with Crippen molar-refractivity contribution < 1.29 is 29.3 Å². The van der Waals surface area contributed by atoms with Crippen molar-refractivity contribution >= 4 is 23.6 Å². The second kappa shape index (κ2) is 15.4.